The van der Waals surface area contributed by atoms with E-state index in [1.54, 1.807) is 12.1 Å². The number of rotatable bonds is 11. The van der Waals surface area contributed by atoms with Gasteiger partial charge >= 0.3 is 0 Å². The zero-order valence-electron chi connectivity index (χ0n) is 23.3. The van der Waals surface area contributed by atoms with Crippen LogP contribution < -0.4 is 10.1 Å². The van der Waals surface area contributed by atoms with Crippen LogP contribution in [0.1, 0.15) is 57.7 Å². The normalized spacial score (nSPS) is 12.9. The number of halogens is 2. The van der Waals surface area contributed by atoms with Gasteiger partial charge in [0, 0.05) is 19.0 Å². The molecule has 2 atom stereocenters. The highest BCUT2D eigenvalue weighted by atomic mass is 79.9. The average Bonchev–Trinajstić information content (AvgIpc) is 2.90. The Kier molecular flexibility index (Phi) is 10.7. The van der Waals surface area contributed by atoms with Crippen LogP contribution in [0.15, 0.2) is 77.3 Å². The Morgan fingerprint density at radius 1 is 1.00 bits per heavy atom. The van der Waals surface area contributed by atoms with Crippen LogP contribution in [-0.2, 0) is 28.0 Å². The van der Waals surface area contributed by atoms with E-state index in [4.69, 9.17) is 4.74 Å². The first kappa shape index (κ1) is 30.4. The summed E-state index contributed by atoms with van der Waals surface area (Å²) in [5, 5.41) is 3.04. The first-order valence-corrected chi connectivity index (χ1v) is 14.1. The van der Waals surface area contributed by atoms with Crippen molar-refractivity contribution >= 4 is 27.7 Å². The zero-order chi connectivity index (χ0) is 28.6. The molecule has 208 valence electrons. The summed E-state index contributed by atoms with van der Waals surface area (Å²) in [6.07, 6.45) is 1.09. The molecule has 0 aromatic heterocycles. The van der Waals surface area contributed by atoms with Gasteiger partial charge in [0.2, 0.25) is 5.91 Å². The van der Waals surface area contributed by atoms with E-state index < -0.39 is 6.04 Å². The molecule has 3 aromatic rings. The van der Waals surface area contributed by atoms with Gasteiger partial charge in [-0.2, -0.15) is 0 Å². The molecular weight excluding hydrogens is 559 g/mol. The standard InChI is InChI=1S/C32H38BrFN2O3/c1-6-22(2)35-31(38)28(18-23-10-8-7-9-11-23)36(20-24-12-15-26(34)16-13-24)30(37)21-39-29-17-14-25(19-27(29)33)32(3,4)5/h7-17,19,22,28H,6,18,20-21H2,1-5H3,(H,35,38)/t22-,28-/m1/s1. The SMILES string of the molecule is CC[C@@H](C)NC(=O)[C@@H](Cc1ccccc1)N(Cc1ccc(F)cc1)C(=O)COc1ccc(C(C)(C)C)cc1Br. The smallest absolute Gasteiger partial charge is 0.261 e. The number of carbonyl (C=O) groups excluding carboxylic acids is 2. The molecule has 1 N–H and O–H groups in total. The Bertz CT molecular complexity index is 1240. The van der Waals surface area contributed by atoms with Gasteiger partial charge in [0.15, 0.2) is 6.61 Å². The minimum absolute atomic E-state index is 0.0313. The molecule has 3 aromatic carbocycles. The number of carbonyl (C=O) groups is 2. The van der Waals surface area contributed by atoms with Gasteiger partial charge in [-0.05, 0) is 75.6 Å². The van der Waals surface area contributed by atoms with Crippen molar-refractivity contribution in [3.05, 3.63) is 99.8 Å². The molecule has 0 saturated carbocycles. The number of ether oxygens (including phenoxy) is 1. The van der Waals surface area contributed by atoms with Gasteiger partial charge < -0.3 is 15.0 Å². The largest absolute Gasteiger partial charge is 0.483 e. The number of hydrogen-bond donors (Lipinski definition) is 1. The number of nitrogens with one attached hydrogen (secondary N) is 1. The average molecular weight is 598 g/mol. The highest BCUT2D eigenvalue weighted by molar-refractivity contribution is 9.10. The topological polar surface area (TPSA) is 58.6 Å². The van der Waals surface area contributed by atoms with Crippen molar-refractivity contribution in [1.29, 1.82) is 0 Å². The number of amides is 2. The molecule has 39 heavy (non-hydrogen) atoms. The van der Waals surface area contributed by atoms with Crippen LogP contribution in [-0.4, -0.2) is 35.4 Å². The van der Waals surface area contributed by atoms with Gasteiger partial charge in [-0.3, -0.25) is 9.59 Å². The highest BCUT2D eigenvalue weighted by Gasteiger charge is 2.31. The van der Waals surface area contributed by atoms with E-state index in [0.717, 1.165) is 27.6 Å². The predicted molar refractivity (Wildman–Crippen MR) is 157 cm³/mol. The van der Waals surface area contributed by atoms with E-state index in [0.29, 0.717) is 12.2 Å². The molecule has 0 radical (unpaired) electrons. The highest BCUT2D eigenvalue weighted by Crippen LogP contribution is 2.31. The molecule has 0 aliphatic rings. The maximum absolute atomic E-state index is 13.7. The minimum Gasteiger partial charge on any atom is -0.483 e. The summed E-state index contributed by atoms with van der Waals surface area (Å²) in [5.41, 5.74) is 2.75. The van der Waals surface area contributed by atoms with Crippen LogP contribution >= 0.6 is 15.9 Å². The van der Waals surface area contributed by atoms with E-state index in [1.807, 2.05) is 62.4 Å². The lowest BCUT2D eigenvalue weighted by molar-refractivity contribution is -0.143. The Morgan fingerprint density at radius 2 is 1.67 bits per heavy atom. The second-order valence-corrected chi connectivity index (χ2v) is 11.7. The molecular formula is C32H38BrFN2O3. The second-order valence-electron chi connectivity index (χ2n) is 10.9. The third-order valence-corrected chi connectivity index (χ3v) is 7.31. The van der Waals surface area contributed by atoms with Crippen molar-refractivity contribution in [3.8, 4) is 5.75 Å². The fourth-order valence-electron chi connectivity index (χ4n) is 4.09. The van der Waals surface area contributed by atoms with Crippen LogP contribution in [0.25, 0.3) is 0 Å². The van der Waals surface area contributed by atoms with Crippen molar-refractivity contribution in [2.45, 2.75) is 71.5 Å². The van der Waals surface area contributed by atoms with Crippen LogP contribution in [0.4, 0.5) is 4.39 Å². The fourth-order valence-corrected chi connectivity index (χ4v) is 4.58. The van der Waals surface area contributed by atoms with Crippen molar-refractivity contribution in [1.82, 2.24) is 10.2 Å². The molecule has 0 spiro atoms. The Labute approximate surface area is 239 Å². The molecule has 3 rings (SSSR count). The van der Waals surface area contributed by atoms with E-state index >= 15 is 0 Å². The van der Waals surface area contributed by atoms with Crippen LogP contribution in [0, 0.1) is 5.82 Å². The third-order valence-electron chi connectivity index (χ3n) is 6.69. The zero-order valence-corrected chi connectivity index (χ0v) is 24.9. The summed E-state index contributed by atoms with van der Waals surface area (Å²) < 4.78 is 20.3. The Balaban J connectivity index is 1.91. The summed E-state index contributed by atoms with van der Waals surface area (Å²) in [6.45, 7) is 10.2. The lowest BCUT2D eigenvalue weighted by Crippen LogP contribution is -2.53. The van der Waals surface area contributed by atoms with E-state index in [9.17, 15) is 14.0 Å². The van der Waals surface area contributed by atoms with Crippen molar-refractivity contribution in [3.63, 3.8) is 0 Å². The first-order valence-electron chi connectivity index (χ1n) is 13.3. The molecule has 0 aliphatic heterocycles. The maximum atomic E-state index is 13.7. The lowest BCUT2D eigenvalue weighted by Gasteiger charge is -2.32. The van der Waals surface area contributed by atoms with Crippen LogP contribution in [0.3, 0.4) is 0 Å². The second kappa shape index (κ2) is 13.7. The Morgan fingerprint density at radius 3 is 2.26 bits per heavy atom. The summed E-state index contributed by atoms with van der Waals surface area (Å²) >= 11 is 3.57. The summed E-state index contributed by atoms with van der Waals surface area (Å²) in [7, 11) is 0. The summed E-state index contributed by atoms with van der Waals surface area (Å²) in [5.74, 6) is -0.397. The molecule has 0 saturated heterocycles. The van der Waals surface area contributed by atoms with Crippen molar-refractivity contribution < 1.29 is 18.7 Å². The molecule has 0 unspecified atom stereocenters. The molecule has 5 nitrogen and oxygen atoms in total. The summed E-state index contributed by atoms with van der Waals surface area (Å²) in [6, 6.07) is 20.6. The number of hydrogen-bond acceptors (Lipinski definition) is 3. The lowest BCUT2D eigenvalue weighted by atomic mass is 9.87. The van der Waals surface area contributed by atoms with Gasteiger partial charge in [-0.1, -0.05) is 76.2 Å². The van der Waals surface area contributed by atoms with E-state index in [2.05, 4.69) is 42.0 Å². The minimum atomic E-state index is -0.783. The fraction of sp³-hybridized carbons (Fsp3) is 0.375. The molecule has 0 fully saturated rings. The van der Waals surface area contributed by atoms with Gasteiger partial charge in [0.05, 0.1) is 4.47 Å². The van der Waals surface area contributed by atoms with Gasteiger partial charge in [0.1, 0.15) is 17.6 Å². The molecule has 0 bridgehead atoms. The van der Waals surface area contributed by atoms with Gasteiger partial charge in [-0.15, -0.1) is 0 Å². The number of benzene rings is 3. The molecule has 0 aliphatic carbocycles. The first-order chi connectivity index (χ1) is 18.5. The third kappa shape index (κ3) is 8.92. The van der Waals surface area contributed by atoms with E-state index in [1.165, 1.54) is 17.0 Å². The van der Waals surface area contributed by atoms with Gasteiger partial charge in [-0.25, -0.2) is 4.39 Å². The number of nitrogens with zero attached hydrogens (tertiary/aromatic N) is 1. The van der Waals surface area contributed by atoms with Crippen LogP contribution in [0.2, 0.25) is 0 Å². The predicted octanol–water partition coefficient (Wildman–Crippen LogP) is 6.82. The molecule has 2 amide bonds. The molecule has 0 heterocycles. The van der Waals surface area contributed by atoms with Crippen molar-refractivity contribution in [2.24, 2.45) is 0 Å². The summed E-state index contributed by atoms with van der Waals surface area (Å²) in [4.78, 5) is 28.8. The van der Waals surface area contributed by atoms with Gasteiger partial charge in [0.25, 0.3) is 5.91 Å². The van der Waals surface area contributed by atoms with E-state index in [-0.39, 0.29) is 42.2 Å². The quantitative estimate of drug-likeness (QED) is 0.264. The van der Waals surface area contributed by atoms with Crippen LogP contribution in [0.5, 0.6) is 5.75 Å². The maximum Gasteiger partial charge on any atom is 0.261 e. The molecule has 7 heteroatoms. The van der Waals surface area contributed by atoms with Crippen molar-refractivity contribution in [2.75, 3.05) is 6.61 Å². The Hall–Kier alpha value is -3.19. The monoisotopic (exact) mass is 596 g/mol.